The first-order valence-electron chi connectivity index (χ1n) is 8.04. The molecular formula is C20H18FN3O3. The van der Waals surface area contributed by atoms with Crippen molar-refractivity contribution in [2.45, 2.75) is 18.6 Å². The Balaban J connectivity index is 2.04. The fourth-order valence-corrected chi connectivity index (χ4v) is 2.47. The van der Waals surface area contributed by atoms with Gasteiger partial charge in [0.2, 0.25) is 5.60 Å². The number of methoxy groups -OCH3 is 2. The average molecular weight is 367 g/mol. The maximum absolute atomic E-state index is 13.4. The molecule has 0 aliphatic carbocycles. The van der Waals surface area contributed by atoms with Crippen LogP contribution in [0.2, 0.25) is 0 Å². The number of benzene rings is 2. The Morgan fingerprint density at radius 1 is 1.11 bits per heavy atom. The molecule has 0 saturated heterocycles. The normalized spacial score (nSPS) is 10.6. The summed E-state index contributed by atoms with van der Waals surface area (Å²) in [6.45, 7) is 0.227. The number of rotatable bonds is 7. The molecule has 0 bridgehead atoms. The lowest BCUT2D eigenvalue weighted by atomic mass is 9.96. The zero-order valence-electron chi connectivity index (χ0n) is 15.0. The summed E-state index contributed by atoms with van der Waals surface area (Å²) in [7, 11) is 2.72. The number of nitrogens with one attached hydrogen (secondary N) is 1. The lowest BCUT2D eigenvalue weighted by molar-refractivity contribution is 0.0875. The van der Waals surface area contributed by atoms with Gasteiger partial charge < -0.3 is 14.8 Å². The van der Waals surface area contributed by atoms with Gasteiger partial charge in [0, 0.05) is 20.1 Å². The quantitative estimate of drug-likeness (QED) is 0.812. The molecule has 27 heavy (non-hydrogen) atoms. The third-order valence-electron chi connectivity index (χ3n) is 4.04. The largest absolute Gasteiger partial charge is 0.496 e. The average Bonchev–Trinajstić information content (AvgIpc) is 2.71. The summed E-state index contributed by atoms with van der Waals surface area (Å²) in [5, 5.41) is 21.0. The van der Waals surface area contributed by atoms with Crippen LogP contribution in [-0.2, 0) is 17.7 Å². The molecule has 7 heteroatoms. The smallest absolute Gasteiger partial charge is 0.255 e. The molecule has 2 aromatic rings. The first-order valence-corrected chi connectivity index (χ1v) is 8.04. The zero-order valence-corrected chi connectivity index (χ0v) is 15.0. The summed E-state index contributed by atoms with van der Waals surface area (Å²) in [5.74, 6) is -0.696. The Kier molecular flexibility index (Phi) is 6.48. The molecule has 0 atom stereocenters. The van der Waals surface area contributed by atoms with E-state index >= 15 is 0 Å². The number of hydrogen-bond acceptors (Lipinski definition) is 5. The molecule has 2 rings (SSSR count). The van der Waals surface area contributed by atoms with Crippen LogP contribution >= 0.6 is 0 Å². The number of nitriles is 2. The zero-order chi connectivity index (χ0) is 19.9. The van der Waals surface area contributed by atoms with Crippen LogP contribution in [0.25, 0.3) is 0 Å². The summed E-state index contributed by atoms with van der Waals surface area (Å²) in [6, 6.07) is 14.5. The van der Waals surface area contributed by atoms with Gasteiger partial charge in [0.25, 0.3) is 5.91 Å². The van der Waals surface area contributed by atoms with Gasteiger partial charge in [0.05, 0.1) is 12.7 Å². The van der Waals surface area contributed by atoms with Gasteiger partial charge in [-0.3, -0.25) is 4.79 Å². The van der Waals surface area contributed by atoms with Crippen LogP contribution in [0.15, 0.2) is 42.5 Å². The number of amides is 1. The van der Waals surface area contributed by atoms with Gasteiger partial charge in [-0.15, -0.1) is 0 Å². The Labute approximate surface area is 156 Å². The minimum Gasteiger partial charge on any atom is -0.496 e. The Bertz CT molecular complexity index is 884. The number of nitrogens with zero attached hydrogens (tertiary/aromatic N) is 2. The molecule has 0 aliphatic rings. The highest BCUT2D eigenvalue weighted by Gasteiger charge is 2.29. The van der Waals surface area contributed by atoms with Crippen LogP contribution in [0.4, 0.5) is 4.39 Å². The highest BCUT2D eigenvalue weighted by Crippen LogP contribution is 2.20. The van der Waals surface area contributed by atoms with Crippen LogP contribution in [0.1, 0.15) is 21.5 Å². The van der Waals surface area contributed by atoms with Crippen molar-refractivity contribution in [3.8, 4) is 17.9 Å². The standard InChI is InChI=1S/C20H18FN3O3/c1-26-18-8-7-16(21)9-17(18)19(25)24-11-15-5-3-14(4-6-15)10-20(12-22,13-23)27-2/h3-9H,10-11H2,1-2H3,(H,24,25). The summed E-state index contributed by atoms with van der Waals surface area (Å²) >= 11 is 0. The van der Waals surface area contributed by atoms with E-state index in [1.165, 1.54) is 26.4 Å². The highest BCUT2D eigenvalue weighted by molar-refractivity contribution is 5.96. The topological polar surface area (TPSA) is 95.1 Å². The molecule has 2 aromatic carbocycles. The van der Waals surface area contributed by atoms with E-state index in [-0.39, 0.29) is 24.3 Å². The molecule has 0 radical (unpaired) electrons. The van der Waals surface area contributed by atoms with Crippen molar-refractivity contribution in [1.29, 1.82) is 10.5 Å². The number of hydrogen-bond donors (Lipinski definition) is 1. The molecule has 0 saturated carbocycles. The Morgan fingerprint density at radius 2 is 1.74 bits per heavy atom. The summed E-state index contributed by atoms with van der Waals surface area (Å²) in [6.07, 6.45) is 0.129. The summed E-state index contributed by atoms with van der Waals surface area (Å²) in [4.78, 5) is 12.3. The molecule has 0 spiro atoms. The van der Waals surface area contributed by atoms with Gasteiger partial charge in [0.15, 0.2) is 0 Å². The molecule has 1 amide bonds. The van der Waals surface area contributed by atoms with E-state index in [0.29, 0.717) is 0 Å². The second-order valence-electron chi connectivity index (χ2n) is 5.78. The predicted molar refractivity (Wildman–Crippen MR) is 95.2 cm³/mol. The van der Waals surface area contributed by atoms with Crippen molar-refractivity contribution in [2.24, 2.45) is 0 Å². The predicted octanol–water partition coefficient (Wildman–Crippen LogP) is 2.74. The minimum atomic E-state index is -1.52. The third-order valence-corrected chi connectivity index (χ3v) is 4.04. The van der Waals surface area contributed by atoms with Crippen molar-refractivity contribution in [2.75, 3.05) is 14.2 Å². The number of ether oxygens (including phenoxy) is 2. The molecule has 0 fully saturated rings. The molecule has 0 aromatic heterocycles. The second-order valence-corrected chi connectivity index (χ2v) is 5.78. The van der Waals surface area contributed by atoms with Crippen molar-refractivity contribution < 1.29 is 18.7 Å². The Hall–Kier alpha value is -3.42. The lowest BCUT2D eigenvalue weighted by Gasteiger charge is -2.16. The van der Waals surface area contributed by atoms with Gasteiger partial charge in [-0.2, -0.15) is 10.5 Å². The van der Waals surface area contributed by atoms with Crippen LogP contribution in [0, 0.1) is 28.5 Å². The van der Waals surface area contributed by atoms with Gasteiger partial charge >= 0.3 is 0 Å². The highest BCUT2D eigenvalue weighted by atomic mass is 19.1. The van der Waals surface area contributed by atoms with Gasteiger partial charge in [0.1, 0.15) is 23.7 Å². The third kappa shape index (κ3) is 4.81. The molecular weight excluding hydrogens is 349 g/mol. The van der Waals surface area contributed by atoms with Crippen LogP contribution in [-0.4, -0.2) is 25.7 Å². The Morgan fingerprint density at radius 3 is 2.30 bits per heavy atom. The fraction of sp³-hybridized carbons (Fsp3) is 0.250. The fourth-order valence-electron chi connectivity index (χ4n) is 2.47. The van der Waals surface area contributed by atoms with Gasteiger partial charge in [-0.25, -0.2) is 4.39 Å². The molecule has 1 N–H and O–H groups in total. The SMILES string of the molecule is COc1ccc(F)cc1C(=O)NCc1ccc(CC(C#N)(C#N)OC)cc1. The van der Waals surface area contributed by atoms with Crippen molar-refractivity contribution in [1.82, 2.24) is 5.32 Å². The van der Waals surface area contributed by atoms with E-state index in [4.69, 9.17) is 20.0 Å². The molecule has 0 heterocycles. The van der Waals surface area contributed by atoms with Crippen molar-refractivity contribution in [3.63, 3.8) is 0 Å². The van der Waals surface area contributed by atoms with Crippen molar-refractivity contribution >= 4 is 5.91 Å². The van der Waals surface area contributed by atoms with E-state index in [0.717, 1.165) is 17.2 Å². The van der Waals surface area contributed by atoms with E-state index in [9.17, 15) is 9.18 Å². The van der Waals surface area contributed by atoms with Crippen LogP contribution in [0.5, 0.6) is 5.75 Å². The van der Waals surface area contributed by atoms with Crippen LogP contribution < -0.4 is 10.1 Å². The molecule has 0 unspecified atom stereocenters. The maximum atomic E-state index is 13.4. The van der Waals surface area contributed by atoms with E-state index in [1.807, 2.05) is 12.1 Å². The van der Waals surface area contributed by atoms with Gasteiger partial charge in [-0.1, -0.05) is 24.3 Å². The first-order chi connectivity index (χ1) is 13.0. The number of halogens is 1. The van der Waals surface area contributed by atoms with E-state index in [2.05, 4.69) is 5.32 Å². The van der Waals surface area contributed by atoms with E-state index in [1.54, 1.807) is 24.3 Å². The summed E-state index contributed by atoms with van der Waals surface area (Å²) in [5.41, 5.74) is 0.146. The lowest BCUT2D eigenvalue weighted by Crippen LogP contribution is -2.30. The first kappa shape index (κ1) is 19.9. The minimum absolute atomic E-state index is 0.113. The van der Waals surface area contributed by atoms with Gasteiger partial charge in [-0.05, 0) is 29.3 Å². The number of carbonyl (C=O) groups is 1. The molecule has 138 valence electrons. The maximum Gasteiger partial charge on any atom is 0.255 e. The molecule has 0 aliphatic heterocycles. The monoisotopic (exact) mass is 367 g/mol. The summed E-state index contributed by atoms with van der Waals surface area (Å²) < 4.78 is 23.5. The number of carbonyl (C=O) groups excluding carboxylic acids is 1. The second kappa shape index (κ2) is 8.79. The van der Waals surface area contributed by atoms with Crippen LogP contribution in [0.3, 0.4) is 0 Å². The van der Waals surface area contributed by atoms with Crippen molar-refractivity contribution in [3.05, 3.63) is 65.0 Å². The molecule has 6 nitrogen and oxygen atoms in total. The van der Waals surface area contributed by atoms with E-state index < -0.39 is 17.3 Å².